The van der Waals surface area contributed by atoms with E-state index in [1.807, 2.05) is 17.5 Å². The molecule has 33 heavy (non-hydrogen) atoms. The first-order chi connectivity index (χ1) is 15.7. The van der Waals surface area contributed by atoms with Crippen LogP contribution in [0.3, 0.4) is 0 Å². The number of halogens is 3. The van der Waals surface area contributed by atoms with Gasteiger partial charge in [0.15, 0.2) is 6.04 Å². The van der Waals surface area contributed by atoms with E-state index in [1.54, 1.807) is 25.3 Å². The first-order valence-electron chi connectivity index (χ1n) is 10.4. The van der Waals surface area contributed by atoms with Gasteiger partial charge >= 0.3 is 6.18 Å². The summed E-state index contributed by atoms with van der Waals surface area (Å²) in [5.41, 5.74) is 0.860. The van der Waals surface area contributed by atoms with Crippen LogP contribution in [0.1, 0.15) is 36.9 Å². The Bertz CT molecular complexity index is 1140. The molecule has 3 unspecified atom stereocenters. The van der Waals surface area contributed by atoms with Gasteiger partial charge < -0.3 is 15.7 Å². The van der Waals surface area contributed by atoms with Crippen molar-refractivity contribution in [3.05, 3.63) is 83.1 Å². The van der Waals surface area contributed by atoms with Gasteiger partial charge in [0.1, 0.15) is 17.8 Å². The Hall–Kier alpha value is -3.46. The highest BCUT2D eigenvalue weighted by molar-refractivity contribution is 6.42. The summed E-state index contributed by atoms with van der Waals surface area (Å²) in [6.07, 6.45) is -0.132. The van der Waals surface area contributed by atoms with Crippen molar-refractivity contribution in [2.45, 2.75) is 43.6 Å². The maximum absolute atomic E-state index is 13.6. The van der Waals surface area contributed by atoms with Crippen LogP contribution >= 0.6 is 0 Å². The van der Waals surface area contributed by atoms with Crippen molar-refractivity contribution in [3.63, 3.8) is 0 Å². The van der Waals surface area contributed by atoms with Gasteiger partial charge in [0, 0.05) is 11.8 Å². The van der Waals surface area contributed by atoms with E-state index >= 15 is 0 Å². The molecule has 1 amide bonds. The van der Waals surface area contributed by atoms with Crippen molar-refractivity contribution >= 4 is 17.4 Å². The second-order valence-corrected chi connectivity index (χ2v) is 8.21. The molecule has 6 nitrogen and oxygen atoms in total. The molecule has 1 saturated carbocycles. The Morgan fingerprint density at radius 1 is 1.24 bits per heavy atom. The number of benzene rings is 1. The summed E-state index contributed by atoms with van der Waals surface area (Å²) in [5.74, 6) is -0.553. The zero-order chi connectivity index (χ0) is 23.8. The van der Waals surface area contributed by atoms with Crippen molar-refractivity contribution < 1.29 is 23.1 Å². The van der Waals surface area contributed by atoms with Gasteiger partial charge in [-0.1, -0.05) is 42.5 Å². The number of rotatable bonds is 4. The highest BCUT2D eigenvalue weighted by atomic mass is 19.4. The maximum Gasteiger partial charge on any atom is 0.412 e. The molecule has 4 N–H and O–H groups in total. The number of carbonyl (C=O) groups excluding carboxylic acids is 1. The van der Waals surface area contributed by atoms with Gasteiger partial charge in [-0.05, 0) is 48.6 Å². The number of aliphatic hydroxyl groups is 1. The predicted octanol–water partition coefficient (Wildman–Crippen LogP) is 4.17. The van der Waals surface area contributed by atoms with Crippen molar-refractivity contribution in [1.29, 1.82) is 5.41 Å². The van der Waals surface area contributed by atoms with Crippen molar-refractivity contribution in [3.8, 4) is 0 Å². The third-order valence-corrected chi connectivity index (χ3v) is 6.21. The number of nitrogens with one attached hydrogen (secondary N) is 3. The summed E-state index contributed by atoms with van der Waals surface area (Å²) in [4.78, 5) is 16.8. The van der Waals surface area contributed by atoms with E-state index in [2.05, 4.69) is 10.3 Å². The fourth-order valence-corrected chi connectivity index (χ4v) is 4.57. The van der Waals surface area contributed by atoms with Crippen LogP contribution in [-0.4, -0.2) is 34.1 Å². The molecule has 1 spiro atoms. The number of aliphatic hydroxyl groups excluding tert-OH is 1. The van der Waals surface area contributed by atoms with E-state index in [-0.39, 0.29) is 5.56 Å². The lowest BCUT2D eigenvalue weighted by atomic mass is 9.79. The molecule has 1 aliphatic carbocycles. The van der Waals surface area contributed by atoms with Gasteiger partial charge in [0.2, 0.25) is 0 Å². The molecule has 3 atom stereocenters. The number of alkyl halides is 3. The Labute approximate surface area is 188 Å². The van der Waals surface area contributed by atoms with Gasteiger partial charge in [-0.15, -0.1) is 0 Å². The minimum Gasteiger partial charge on any atom is -0.373 e. The third-order valence-electron chi connectivity index (χ3n) is 6.21. The number of fused-ring (bicyclic) bond motifs is 2. The van der Waals surface area contributed by atoms with Gasteiger partial charge in [0.25, 0.3) is 5.91 Å². The molecule has 0 bridgehead atoms. The molecule has 0 radical (unpaired) electrons. The van der Waals surface area contributed by atoms with Crippen LogP contribution in [0.2, 0.25) is 0 Å². The minimum absolute atomic E-state index is 0.114. The van der Waals surface area contributed by atoms with E-state index < -0.39 is 35.5 Å². The number of amides is 1. The van der Waals surface area contributed by atoms with E-state index in [1.165, 1.54) is 30.3 Å². The average Bonchev–Trinajstić information content (AvgIpc) is 3.29. The van der Waals surface area contributed by atoms with Gasteiger partial charge in [-0.25, -0.2) is 4.98 Å². The second kappa shape index (κ2) is 8.47. The summed E-state index contributed by atoms with van der Waals surface area (Å²) >= 11 is 0. The molecule has 4 rings (SSSR count). The lowest BCUT2D eigenvalue weighted by Gasteiger charge is -2.26. The number of hydrogen-bond acceptors (Lipinski definition) is 5. The molecule has 1 aromatic heterocycles. The lowest BCUT2D eigenvalue weighted by molar-refractivity contribution is -0.161. The topological polar surface area (TPSA) is 98.1 Å². The second-order valence-electron chi connectivity index (χ2n) is 8.21. The number of hydrogen-bond donors (Lipinski definition) is 4. The SMILES string of the molecule is C/C=C1/CC2(C/C1=C/C(=N)C(=O)NC(c1ccccc1)C(F)(F)F)c1cccnc1NC2O. The molecule has 0 saturated heterocycles. The van der Waals surface area contributed by atoms with Crippen molar-refractivity contribution in [2.75, 3.05) is 5.32 Å². The normalized spacial score (nSPS) is 25.2. The lowest BCUT2D eigenvalue weighted by Crippen LogP contribution is -2.40. The van der Waals surface area contributed by atoms with Crippen LogP contribution in [-0.2, 0) is 10.2 Å². The summed E-state index contributed by atoms with van der Waals surface area (Å²) in [5, 5.41) is 23.8. The summed E-state index contributed by atoms with van der Waals surface area (Å²) in [7, 11) is 0. The quantitative estimate of drug-likeness (QED) is 0.519. The largest absolute Gasteiger partial charge is 0.412 e. The zero-order valence-electron chi connectivity index (χ0n) is 17.8. The Kier molecular flexibility index (Phi) is 5.84. The number of allylic oxidation sites excluding steroid dienone is 3. The van der Waals surface area contributed by atoms with Crippen LogP contribution < -0.4 is 10.6 Å². The van der Waals surface area contributed by atoms with E-state index in [9.17, 15) is 23.1 Å². The van der Waals surface area contributed by atoms with Crippen LogP contribution in [0.4, 0.5) is 19.0 Å². The summed E-state index contributed by atoms with van der Waals surface area (Å²) < 4.78 is 40.8. The molecule has 1 aromatic carbocycles. The first-order valence-corrected chi connectivity index (χ1v) is 10.4. The Balaban J connectivity index is 1.58. The molecular formula is C24H23F3N4O2. The van der Waals surface area contributed by atoms with Crippen LogP contribution in [0.5, 0.6) is 0 Å². The summed E-state index contributed by atoms with van der Waals surface area (Å²) in [6, 6.07) is 8.47. The molecule has 2 aliphatic rings. The fourth-order valence-electron chi connectivity index (χ4n) is 4.57. The summed E-state index contributed by atoms with van der Waals surface area (Å²) in [6.45, 7) is 1.81. The molecule has 1 fully saturated rings. The Morgan fingerprint density at radius 3 is 2.61 bits per heavy atom. The standard InChI is InChI=1S/C24H23F3N4O2/c1-2-14-12-23(17-9-6-10-29-20(17)31-22(23)33)13-16(14)11-18(28)21(32)30-19(24(25,26)27)15-7-4-3-5-8-15/h2-11,19,22,28,33H,12-13H2,1H3,(H,29,31)(H,30,32)/b14-2-,16-11-,28-18?. The van der Waals surface area contributed by atoms with Gasteiger partial charge in [-0.2, -0.15) is 13.2 Å². The van der Waals surface area contributed by atoms with Gasteiger partial charge in [-0.3, -0.25) is 10.2 Å². The minimum atomic E-state index is -4.72. The molecule has 1 aliphatic heterocycles. The average molecular weight is 456 g/mol. The zero-order valence-corrected chi connectivity index (χ0v) is 17.8. The highest BCUT2D eigenvalue weighted by Crippen LogP contribution is 2.53. The van der Waals surface area contributed by atoms with E-state index in [0.717, 1.165) is 11.1 Å². The monoisotopic (exact) mass is 456 g/mol. The molecule has 2 heterocycles. The maximum atomic E-state index is 13.6. The fraction of sp³-hybridized carbons (Fsp3) is 0.292. The van der Waals surface area contributed by atoms with E-state index in [4.69, 9.17) is 5.41 Å². The molecule has 9 heteroatoms. The number of aromatic nitrogens is 1. The van der Waals surface area contributed by atoms with Crippen LogP contribution in [0.25, 0.3) is 0 Å². The smallest absolute Gasteiger partial charge is 0.373 e. The van der Waals surface area contributed by atoms with Crippen LogP contribution in [0.15, 0.2) is 72.0 Å². The van der Waals surface area contributed by atoms with Crippen LogP contribution in [0, 0.1) is 5.41 Å². The molecule has 2 aromatic rings. The number of carbonyl (C=O) groups is 1. The molecule has 172 valence electrons. The number of anilines is 1. The first kappa shape index (κ1) is 22.7. The van der Waals surface area contributed by atoms with Gasteiger partial charge in [0.05, 0.1) is 5.41 Å². The third kappa shape index (κ3) is 4.16. The van der Waals surface area contributed by atoms with Crippen molar-refractivity contribution in [2.24, 2.45) is 0 Å². The van der Waals surface area contributed by atoms with E-state index in [0.29, 0.717) is 24.2 Å². The molecular weight excluding hydrogens is 433 g/mol. The van der Waals surface area contributed by atoms with Crippen molar-refractivity contribution in [1.82, 2.24) is 10.3 Å². The highest BCUT2D eigenvalue weighted by Gasteiger charge is 2.51. The number of pyridine rings is 1. The Morgan fingerprint density at radius 2 is 1.94 bits per heavy atom. The number of nitrogens with zero attached hydrogens (tertiary/aromatic N) is 1. The predicted molar refractivity (Wildman–Crippen MR) is 118 cm³/mol.